The van der Waals surface area contributed by atoms with Crippen LogP contribution in [0.5, 0.6) is 5.75 Å². The van der Waals surface area contributed by atoms with Gasteiger partial charge in [0.25, 0.3) is 5.91 Å². The molecule has 1 saturated heterocycles. The van der Waals surface area contributed by atoms with E-state index in [0.717, 1.165) is 11.8 Å². The summed E-state index contributed by atoms with van der Waals surface area (Å²) in [5.41, 5.74) is 2.10. The van der Waals surface area contributed by atoms with Gasteiger partial charge in [0.15, 0.2) is 0 Å². The van der Waals surface area contributed by atoms with Gasteiger partial charge in [0.2, 0.25) is 27.7 Å². The van der Waals surface area contributed by atoms with Crippen LogP contribution in [0.15, 0.2) is 78.9 Å². The summed E-state index contributed by atoms with van der Waals surface area (Å²) in [5, 5.41) is 2.81. The number of likely N-dealkylation sites (N-methyl/N-ethyl adjacent to an activating group) is 1. The molecule has 13 heteroatoms. The van der Waals surface area contributed by atoms with Crippen molar-refractivity contribution in [3.63, 3.8) is 0 Å². The Morgan fingerprint density at radius 1 is 0.955 bits per heavy atom. The Labute approximate surface area is 256 Å². The smallest absolute Gasteiger partial charge is 0.254 e. The third-order valence-electron chi connectivity index (χ3n) is 7.08. The van der Waals surface area contributed by atoms with Crippen LogP contribution in [0, 0.1) is 0 Å². The molecule has 1 aliphatic rings. The van der Waals surface area contributed by atoms with Crippen molar-refractivity contribution in [3.8, 4) is 5.75 Å². The van der Waals surface area contributed by atoms with Crippen LogP contribution in [-0.2, 0) is 30.8 Å². The highest BCUT2D eigenvalue weighted by molar-refractivity contribution is 7.92. The number of sulfonamides is 1. The largest absolute Gasteiger partial charge is 0.497 e. The number of ether oxygens (including phenoxy) is 1. The molecule has 4 rings (SSSR count). The second-order valence-electron chi connectivity index (χ2n) is 10.4. The van der Waals surface area contributed by atoms with Crippen LogP contribution in [0.25, 0.3) is 0 Å². The first-order valence-corrected chi connectivity index (χ1v) is 15.7. The first-order valence-electron chi connectivity index (χ1n) is 13.8. The number of amides is 4. The van der Waals surface area contributed by atoms with E-state index >= 15 is 0 Å². The third kappa shape index (κ3) is 8.57. The molecule has 0 spiro atoms. The summed E-state index contributed by atoms with van der Waals surface area (Å²) in [6.07, 6.45) is 1.28. The van der Waals surface area contributed by atoms with Crippen molar-refractivity contribution in [2.45, 2.75) is 12.5 Å². The number of hydrogen-bond acceptors (Lipinski definition) is 7. The Balaban J connectivity index is 1.38. The van der Waals surface area contributed by atoms with Gasteiger partial charge in [-0.1, -0.05) is 30.3 Å². The molecule has 4 amide bonds. The summed E-state index contributed by atoms with van der Waals surface area (Å²) < 4.78 is 30.4. The number of piperazine rings is 1. The van der Waals surface area contributed by atoms with E-state index in [1.54, 1.807) is 38.4 Å². The lowest BCUT2D eigenvalue weighted by molar-refractivity contribution is -0.139. The zero-order valence-electron chi connectivity index (χ0n) is 24.7. The predicted octanol–water partition coefficient (Wildman–Crippen LogP) is 1.74. The molecule has 1 heterocycles. The minimum absolute atomic E-state index is 0.134. The average molecular weight is 622 g/mol. The van der Waals surface area contributed by atoms with Crippen LogP contribution in [0.1, 0.15) is 15.9 Å². The summed E-state index contributed by atoms with van der Waals surface area (Å²) >= 11 is 0. The van der Waals surface area contributed by atoms with Gasteiger partial charge >= 0.3 is 0 Å². The number of carbonyl (C=O) groups is 4. The molecule has 1 fully saturated rings. The molecule has 1 aliphatic heterocycles. The lowest BCUT2D eigenvalue weighted by Gasteiger charge is -2.34. The number of carbonyl (C=O) groups excluding carboxylic acids is 4. The maximum Gasteiger partial charge on any atom is 0.254 e. The first kappa shape index (κ1) is 32.0. The van der Waals surface area contributed by atoms with Crippen molar-refractivity contribution in [2.24, 2.45) is 0 Å². The van der Waals surface area contributed by atoms with Crippen molar-refractivity contribution in [1.82, 2.24) is 15.1 Å². The van der Waals surface area contributed by atoms with Gasteiger partial charge in [0.05, 0.1) is 19.9 Å². The monoisotopic (exact) mass is 621 g/mol. The second kappa shape index (κ2) is 14.0. The number of methoxy groups -OCH3 is 1. The van der Waals surface area contributed by atoms with Crippen molar-refractivity contribution in [2.75, 3.05) is 56.2 Å². The van der Waals surface area contributed by atoms with Crippen molar-refractivity contribution >= 4 is 45.0 Å². The van der Waals surface area contributed by atoms with Gasteiger partial charge in [0, 0.05) is 43.5 Å². The fourth-order valence-electron chi connectivity index (χ4n) is 4.76. The predicted molar refractivity (Wildman–Crippen MR) is 166 cm³/mol. The van der Waals surface area contributed by atoms with E-state index in [1.807, 2.05) is 30.3 Å². The van der Waals surface area contributed by atoms with Gasteiger partial charge in [-0.25, -0.2) is 8.42 Å². The van der Waals surface area contributed by atoms with Gasteiger partial charge in [-0.05, 0) is 54.1 Å². The average Bonchev–Trinajstić information content (AvgIpc) is 3.01. The zero-order chi connectivity index (χ0) is 31.9. The van der Waals surface area contributed by atoms with E-state index in [-0.39, 0.29) is 44.4 Å². The highest BCUT2D eigenvalue weighted by Crippen LogP contribution is 2.20. The molecule has 0 unspecified atom stereocenters. The van der Waals surface area contributed by atoms with Gasteiger partial charge in [-0.15, -0.1) is 0 Å². The third-order valence-corrected chi connectivity index (χ3v) is 7.69. The number of anilines is 2. The number of nitrogens with one attached hydrogen (secondary N) is 2. The molecule has 0 aromatic heterocycles. The summed E-state index contributed by atoms with van der Waals surface area (Å²) in [5.74, 6) is -0.966. The normalized spacial score (nSPS) is 14.0. The first-order chi connectivity index (χ1) is 20.9. The van der Waals surface area contributed by atoms with Crippen molar-refractivity contribution in [1.29, 1.82) is 0 Å². The molecular weight excluding hydrogens is 586 g/mol. The molecule has 0 radical (unpaired) electrons. The number of benzene rings is 3. The fourth-order valence-corrected chi connectivity index (χ4v) is 5.32. The molecular formula is C31H35N5O7S. The molecule has 12 nitrogen and oxygen atoms in total. The van der Waals surface area contributed by atoms with Gasteiger partial charge in [-0.2, -0.15) is 0 Å². The Morgan fingerprint density at radius 3 is 2.20 bits per heavy atom. The molecule has 232 valence electrons. The highest BCUT2D eigenvalue weighted by Gasteiger charge is 2.31. The second-order valence-corrected chi connectivity index (χ2v) is 12.1. The van der Waals surface area contributed by atoms with Gasteiger partial charge < -0.3 is 24.8 Å². The van der Waals surface area contributed by atoms with Crippen LogP contribution < -0.4 is 19.7 Å². The van der Waals surface area contributed by atoms with E-state index in [1.165, 1.54) is 39.0 Å². The Bertz CT molecular complexity index is 1600. The summed E-state index contributed by atoms with van der Waals surface area (Å²) in [6.45, 7) is -0.151. The van der Waals surface area contributed by atoms with Crippen LogP contribution in [-0.4, -0.2) is 94.5 Å². The number of nitrogens with zero attached hydrogens (tertiary/aromatic N) is 3. The molecule has 44 heavy (non-hydrogen) atoms. The Hall–Kier alpha value is -4.91. The van der Waals surface area contributed by atoms with Crippen LogP contribution in [0.2, 0.25) is 0 Å². The Kier molecular flexibility index (Phi) is 10.2. The van der Waals surface area contributed by atoms with Crippen molar-refractivity contribution < 1.29 is 32.3 Å². The maximum atomic E-state index is 13.6. The SMILES string of the molecule is COc1ccc(N(C)C(=O)[C@H](Cc2ccccc2)NC(=O)CN2CCN(C(=O)c3ccc(NS(C)(=O)=O)cc3)CC2=O)cc1. The van der Waals surface area contributed by atoms with E-state index in [2.05, 4.69) is 10.0 Å². The van der Waals surface area contributed by atoms with Crippen LogP contribution in [0.4, 0.5) is 11.4 Å². The summed E-state index contributed by atoms with van der Waals surface area (Å²) in [4.78, 5) is 56.8. The van der Waals surface area contributed by atoms with Crippen LogP contribution in [0.3, 0.4) is 0 Å². The van der Waals surface area contributed by atoms with E-state index in [4.69, 9.17) is 4.74 Å². The molecule has 3 aromatic rings. The van der Waals surface area contributed by atoms with Crippen LogP contribution >= 0.6 is 0 Å². The zero-order valence-corrected chi connectivity index (χ0v) is 25.5. The summed E-state index contributed by atoms with van der Waals surface area (Å²) in [7, 11) is -0.272. The quantitative estimate of drug-likeness (QED) is 0.332. The molecule has 1 atom stereocenters. The van der Waals surface area contributed by atoms with E-state index < -0.39 is 27.9 Å². The van der Waals surface area contributed by atoms with Gasteiger partial charge in [-0.3, -0.25) is 23.9 Å². The standard InChI is InChI=1S/C31H35N5O7S/c1-34(25-13-15-26(43-2)16-14-25)31(40)27(19-22-7-5-4-6-8-22)32-28(37)20-35-17-18-36(21-29(35)38)30(39)23-9-11-24(12-10-23)33-44(3,41)42/h4-16,27,33H,17-21H2,1-3H3,(H,32,37)/t27-/m0/s1. The molecule has 0 aliphatic carbocycles. The topological polar surface area (TPSA) is 145 Å². The minimum Gasteiger partial charge on any atom is -0.497 e. The van der Waals surface area contributed by atoms with E-state index in [9.17, 15) is 27.6 Å². The fraction of sp³-hybridized carbons (Fsp3) is 0.290. The lowest BCUT2D eigenvalue weighted by atomic mass is 10.0. The molecule has 0 bridgehead atoms. The van der Waals surface area contributed by atoms with E-state index in [0.29, 0.717) is 22.7 Å². The molecule has 3 aromatic carbocycles. The van der Waals surface area contributed by atoms with Gasteiger partial charge in [0.1, 0.15) is 18.3 Å². The Morgan fingerprint density at radius 2 is 1.61 bits per heavy atom. The molecule has 0 saturated carbocycles. The number of hydrogen-bond donors (Lipinski definition) is 2. The minimum atomic E-state index is -3.46. The molecule has 2 N–H and O–H groups in total. The summed E-state index contributed by atoms with van der Waals surface area (Å²) in [6, 6.07) is 21.3. The lowest BCUT2D eigenvalue weighted by Crippen LogP contribution is -2.56. The highest BCUT2D eigenvalue weighted by atomic mass is 32.2. The number of rotatable bonds is 11. The van der Waals surface area contributed by atoms with Crippen molar-refractivity contribution in [3.05, 3.63) is 90.0 Å². The maximum absolute atomic E-state index is 13.6.